The molecular formula is C5H10N2O2. The molecule has 0 amide bonds. The van der Waals surface area contributed by atoms with E-state index in [2.05, 4.69) is 0 Å². The van der Waals surface area contributed by atoms with Crippen LogP contribution in [0.15, 0.2) is 0 Å². The molecule has 52 valence electrons. The molecule has 0 saturated carbocycles. The second kappa shape index (κ2) is 4.17. The van der Waals surface area contributed by atoms with Crippen molar-refractivity contribution < 1.29 is 10.2 Å². The maximum atomic E-state index is 8.76. The van der Waals surface area contributed by atoms with Crippen LogP contribution < -0.4 is 0 Å². The lowest BCUT2D eigenvalue weighted by Crippen LogP contribution is -2.25. The highest BCUT2D eigenvalue weighted by atomic mass is 16.3. The van der Waals surface area contributed by atoms with Gasteiger partial charge in [0.1, 0.15) is 0 Å². The molecule has 0 radical (unpaired) electrons. The molecule has 9 heavy (non-hydrogen) atoms. The first kappa shape index (κ1) is 8.26. The van der Waals surface area contributed by atoms with Crippen molar-refractivity contribution in [2.45, 2.75) is 6.10 Å². The first-order valence-corrected chi connectivity index (χ1v) is 2.56. The summed E-state index contributed by atoms with van der Waals surface area (Å²) in [5, 5.41) is 30.4. The van der Waals surface area contributed by atoms with Crippen LogP contribution in [0, 0.1) is 16.7 Å². The standard InChI is InChI=1S/C5H10N2O2/c6-1-4(3-8)5(9)2-7/h1-2,4-9H,3H2/t4-,5+/m1/s1. The first-order chi connectivity index (χ1) is 4.26. The van der Waals surface area contributed by atoms with Crippen molar-refractivity contribution in [2.75, 3.05) is 6.61 Å². The average molecular weight is 130 g/mol. The molecule has 0 fully saturated rings. The summed E-state index contributed by atoms with van der Waals surface area (Å²) < 4.78 is 0. The van der Waals surface area contributed by atoms with Gasteiger partial charge in [0.25, 0.3) is 0 Å². The zero-order valence-electron chi connectivity index (χ0n) is 4.91. The summed E-state index contributed by atoms with van der Waals surface area (Å²) in [4.78, 5) is 0. The van der Waals surface area contributed by atoms with E-state index in [1.807, 2.05) is 0 Å². The van der Waals surface area contributed by atoms with Crippen LogP contribution in [0.25, 0.3) is 0 Å². The van der Waals surface area contributed by atoms with Crippen molar-refractivity contribution >= 4 is 12.4 Å². The zero-order valence-corrected chi connectivity index (χ0v) is 4.91. The van der Waals surface area contributed by atoms with Gasteiger partial charge in [-0.15, -0.1) is 0 Å². The monoisotopic (exact) mass is 130 g/mol. The molecular weight excluding hydrogens is 120 g/mol. The lowest BCUT2D eigenvalue weighted by molar-refractivity contribution is 0.155. The minimum atomic E-state index is -1.02. The zero-order chi connectivity index (χ0) is 7.28. The Morgan fingerprint density at radius 2 is 1.89 bits per heavy atom. The summed E-state index contributed by atoms with van der Waals surface area (Å²) in [6, 6.07) is 0. The highest BCUT2D eigenvalue weighted by Gasteiger charge is 2.11. The Kier molecular flexibility index (Phi) is 3.83. The molecule has 0 aliphatic heterocycles. The fourth-order valence-corrected chi connectivity index (χ4v) is 0.383. The van der Waals surface area contributed by atoms with Gasteiger partial charge in [-0.25, -0.2) is 0 Å². The lowest BCUT2D eigenvalue weighted by Gasteiger charge is -2.09. The Morgan fingerprint density at radius 1 is 1.33 bits per heavy atom. The van der Waals surface area contributed by atoms with E-state index in [1.165, 1.54) is 0 Å². The summed E-state index contributed by atoms with van der Waals surface area (Å²) in [6.45, 7) is -0.292. The number of rotatable bonds is 4. The molecule has 0 spiro atoms. The molecule has 0 aromatic carbocycles. The smallest absolute Gasteiger partial charge is 0.0983 e. The van der Waals surface area contributed by atoms with Crippen LogP contribution in [0.5, 0.6) is 0 Å². The predicted molar refractivity (Wildman–Crippen MR) is 34.1 cm³/mol. The van der Waals surface area contributed by atoms with Crippen LogP contribution in [-0.2, 0) is 0 Å². The molecule has 0 aliphatic rings. The summed E-state index contributed by atoms with van der Waals surface area (Å²) in [5.41, 5.74) is 0. The van der Waals surface area contributed by atoms with Crippen molar-refractivity contribution in [3.8, 4) is 0 Å². The van der Waals surface area contributed by atoms with E-state index in [9.17, 15) is 0 Å². The topological polar surface area (TPSA) is 88.2 Å². The molecule has 0 saturated heterocycles. The van der Waals surface area contributed by atoms with Gasteiger partial charge in [0, 0.05) is 18.3 Å². The third-order valence-corrected chi connectivity index (χ3v) is 1.03. The van der Waals surface area contributed by atoms with Crippen LogP contribution >= 0.6 is 0 Å². The maximum absolute atomic E-state index is 8.76. The van der Waals surface area contributed by atoms with E-state index in [-0.39, 0.29) is 6.61 Å². The van der Waals surface area contributed by atoms with Crippen molar-refractivity contribution in [1.82, 2.24) is 0 Å². The van der Waals surface area contributed by atoms with E-state index in [4.69, 9.17) is 21.0 Å². The van der Waals surface area contributed by atoms with Gasteiger partial charge in [-0.2, -0.15) is 0 Å². The van der Waals surface area contributed by atoms with E-state index in [0.29, 0.717) is 0 Å². The summed E-state index contributed by atoms with van der Waals surface area (Å²) in [5.74, 6) is -0.623. The Hall–Kier alpha value is -0.740. The summed E-state index contributed by atoms with van der Waals surface area (Å²) >= 11 is 0. The van der Waals surface area contributed by atoms with Gasteiger partial charge < -0.3 is 21.0 Å². The Labute approximate surface area is 53.2 Å². The van der Waals surface area contributed by atoms with Crippen LogP contribution in [0.2, 0.25) is 0 Å². The van der Waals surface area contributed by atoms with Gasteiger partial charge in [-0.05, 0) is 0 Å². The van der Waals surface area contributed by atoms with Crippen molar-refractivity contribution in [1.29, 1.82) is 10.8 Å². The Morgan fingerprint density at radius 3 is 2.00 bits per heavy atom. The van der Waals surface area contributed by atoms with Crippen LogP contribution in [-0.4, -0.2) is 35.4 Å². The van der Waals surface area contributed by atoms with Gasteiger partial charge in [0.15, 0.2) is 0 Å². The van der Waals surface area contributed by atoms with Crippen LogP contribution in [0.3, 0.4) is 0 Å². The van der Waals surface area contributed by atoms with Crippen molar-refractivity contribution in [3.05, 3.63) is 0 Å². The third-order valence-electron chi connectivity index (χ3n) is 1.03. The molecule has 0 unspecified atom stereocenters. The van der Waals surface area contributed by atoms with E-state index >= 15 is 0 Å². The molecule has 2 atom stereocenters. The summed E-state index contributed by atoms with van der Waals surface area (Å²) in [6.07, 6.45) is 0.703. The number of aliphatic hydroxyl groups is 2. The van der Waals surface area contributed by atoms with Gasteiger partial charge in [-0.1, -0.05) is 0 Å². The second-order valence-electron chi connectivity index (χ2n) is 1.67. The van der Waals surface area contributed by atoms with Gasteiger partial charge in [0.05, 0.1) is 12.7 Å². The molecule has 0 aromatic heterocycles. The highest BCUT2D eigenvalue weighted by Crippen LogP contribution is 1.95. The minimum Gasteiger partial charge on any atom is -0.396 e. The average Bonchev–Trinajstić information content (AvgIpc) is 1.90. The lowest BCUT2D eigenvalue weighted by atomic mass is 10.1. The van der Waals surface area contributed by atoms with Crippen LogP contribution in [0.1, 0.15) is 0 Å². The molecule has 0 aliphatic carbocycles. The molecule has 4 N–H and O–H groups in total. The molecule has 0 aromatic rings. The second-order valence-corrected chi connectivity index (χ2v) is 1.67. The number of nitrogens with one attached hydrogen (secondary N) is 2. The van der Waals surface area contributed by atoms with Crippen molar-refractivity contribution in [2.24, 2.45) is 5.92 Å². The first-order valence-electron chi connectivity index (χ1n) is 2.56. The molecule has 4 heteroatoms. The number of hydrogen-bond donors (Lipinski definition) is 4. The Balaban J connectivity index is 3.77. The quantitative estimate of drug-likeness (QED) is 0.377. The predicted octanol–water partition coefficient (Wildman–Crippen LogP) is -0.745. The number of aliphatic hydroxyl groups excluding tert-OH is 2. The molecule has 0 heterocycles. The molecule has 0 rings (SSSR count). The highest BCUT2D eigenvalue weighted by molar-refractivity contribution is 5.69. The van der Waals surface area contributed by atoms with E-state index in [0.717, 1.165) is 12.4 Å². The van der Waals surface area contributed by atoms with Crippen molar-refractivity contribution in [3.63, 3.8) is 0 Å². The molecule has 0 bridgehead atoms. The van der Waals surface area contributed by atoms with Crippen LogP contribution in [0.4, 0.5) is 0 Å². The fourth-order valence-electron chi connectivity index (χ4n) is 0.383. The summed E-state index contributed by atoms with van der Waals surface area (Å²) in [7, 11) is 0. The fraction of sp³-hybridized carbons (Fsp3) is 0.600. The number of hydrogen-bond acceptors (Lipinski definition) is 4. The van der Waals surface area contributed by atoms with E-state index < -0.39 is 12.0 Å². The SMILES string of the molecule is N=C[C@H](CO)[C@@H](O)C=N. The molecule has 4 nitrogen and oxygen atoms in total. The third kappa shape index (κ3) is 2.34. The van der Waals surface area contributed by atoms with E-state index in [1.54, 1.807) is 0 Å². The van der Waals surface area contributed by atoms with Gasteiger partial charge >= 0.3 is 0 Å². The Bertz CT molecular complexity index is 105. The van der Waals surface area contributed by atoms with Gasteiger partial charge in [0.2, 0.25) is 0 Å². The van der Waals surface area contributed by atoms with Gasteiger partial charge in [-0.3, -0.25) is 0 Å². The minimum absolute atomic E-state index is 0.292. The largest absolute Gasteiger partial charge is 0.396 e. The maximum Gasteiger partial charge on any atom is 0.0983 e. The normalized spacial score (nSPS) is 16.2.